The van der Waals surface area contributed by atoms with E-state index < -0.39 is 0 Å². The van der Waals surface area contributed by atoms with Gasteiger partial charge in [-0.3, -0.25) is 0 Å². The van der Waals surface area contributed by atoms with Crippen molar-refractivity contribution < 1.29 is 9.47 Å². The smallest absolute Gasteiger partial charge is 0.194 e. The lowest BCUT2D eigenvalue weighted by Crippen LogP contribution is -2.47. The molecule has 1 aliphatic heterocycles. The first-order valence-corrected chi connectivity index (χ1v) is 9.03. The summed E-state index contributed by atoms with van der Waals surface area (Å²) >= 11 is 6.02. The fourth-order valence-electron chi connectivity index (χ4n) is 2.90. The summed E-state index contributed by atoms with van der Waals surface area (Å²) in [7, 11) is 1.66. The Labute approximate surface area is 150 Å². The molecule has 1 N–H and O–H groups in total. The van der Waals surface area contributed by atoms with Gasteiger partial charge in [0, 0.05) is 36.8 Å². The third kappa shape index (κ3) is 5.28. The summed E-state index contributed by atoms with van der Waals surface area (Å²) in [6.45, 7) is 8.27. The Morgan fingerprint density at radius 1 is 1.33 bits per heavy atom. The molecule has 5 nitrogen and oxygen atoms in total. The van der Waals surface area contributed by atoms with Crippen molar-refractivity contribution >= 4 is 17.6 Å². The molecule has 0 aliphatic carbocycles. The molecule has 0 amide bonds. The van der Waals surface area contributed by atoms with Crippen LogP contribution in [-0.4, -0.2) is 50.3 Å². The number of aliphatic imine (C=N–C) groups is 1. The molecule has 1 saturated heterocycles. The maximum Gasteiger partial charge on any atom is 0.194 e. The number of guanidine groups is 1. The Morgan fingerprint density at radius 3 is 2.71 bits per heavy atom. The highest BCUT2D eigenvalue weighted by atomic mass is 35.5. The van der Waals surface area contributed by atoms with E-state index in [4.69, 9.17) is 26.1 Å². The SMILES string of the molecule is CCNC(=NCc1ccc(Cl)cc1OC)N1CCC(OCC)CC1. The summed E-state index contributed by atoms with van der Waals surface area (Å²) < 4.78 is 11.1. The summed E-state index contributed by atoms with van der Waals surface area (Å²) in [6.07, 6.45) is 2.47. The van der Waals surface area contributed by atoms with Gasteiger partial charge >= 0.3 is 0 Å². The van der Waals surface area contributed by atoms with Crippen LogP contribution in [0.2, 0.25) is 5.02 Å². The Bertz CT molecular complexity index is 543. The van der Waals surface area contributed by atoms with Crippen LogP contribution in [0.4, 0.5) is 0 Å². The summed E-state index contributed by atoms with van der Waals surface area (Å²) in [5.41, 5.74) is 1.03. The number of hydrogen-bond donors (Lipinski definition) is 1. The number of ether oxygens (including phenoxy) is 2. The molecule has 0 saturated carbocycles. The van der Waals surface area contributed by atoms with Crippen molar-refractivity contribution in [3.63, 3.8) is 0 Å². The van der Waals surface area contributed by atoms with Crippen molar-refractivity contribution in [2.75, 3.05) is 33.4 Å². The minimum Gasteiger partial charge on any atom is -0.496 e. The topological polar surface area (TPSA) is 46.1 Å². The van der Waals surface area contributed by atoms with Gasteiger partial charge in [-0.25, -0.2) is 4.99 Å². The zero-order valence-electron chi connectivity index (χ0n) is 14.8. The zero-order valence-corrected chi connectivity index (χ0v) is 15.6. The molecule has 0 unspecified atom stereocenters. The number of halogens is 1. The highest BCUT2D eigenvalue weighted by Gasteiger charge is 2.21. The molecule has 1 aromatic carbocycles. The molecule has 134 valence electrons. The molecule has 0 aromatic heterocycles. The number of hydrogen-bond acceptors (Lipinski definition) is 3. The molecule has 1 heterocycles. The second-order valence-electron chi connectivity index (χ2n) is 5.77. The molecule has 1 fully saturated rings. The average Bonchev–Trinajstić information content (AvgIpc) is 2.60. The second kappa shape index (κ2) is 9.74. The minimum absolute atomic E-state index is 0.380. The van der Waals surface area contributed by atoms with E-state index in [0.717, 1.165) is 56.4 Å². The predicted octanol–water partition coefficient (Wildman–Crippen LogP) is 3.32. The first kappa shape index (κ1) is 18.9. The van der Waals surface area contributed by atoms with Gasteiger partial charge in [-0.2, -0.15) is 0 Å². The van der Waals surface area contributed by atoms with Crippen molar-refractivity contribution in [1.82, 2.24) is 10.2 Å². The Kier molecular flexibility index (Phi) is 7.66. The highest BCUT2D eigenvalue weighted by molar-refractivity contribution is 6.30. The lowest BCUT2D eigenvalue weighted by molar-refractivity contribution is 0.0263. The van der Waals surface area contributed by atoms with E-state index in [9.17, 15) is 0 Å². The molecule has 0 spiro atoms. The minimum atomic E-state index is 0.380. The van der Waals surface area contributed by atoms with E-state index in [2.05, 4.69) is 24.1 Å². The summed E-state index contributed by atoms with van der Waals surface area (Å²) in [5.74, 6) is 1.72. The number of nitrogens with one attached hydrogen (secondary N) is 1. The Morgan fingerprint density at radius 2 is 2.08 bits per heavy atom. The summed E-state index contributed by atoms with van der Waals surface area (Å²) in [5, 5.41) is 4.06. The number of benzene rings is 1. The fourth-order valence-corrected chi connectivity index (χ4v) is 3.07. The number of piperidine rings is 1. The van der Waals surface area contributed by atoms with Gasteiger partial charge < -0.3 is 19.7 Å². The van der Waals surface area contributed by atoms with Crippen LogP contribution in [0.5, 0.6) is 5.75 Å². The van der Waals surface area contributed by atoms with Gasteiger partial charge in [0.05, 0.1) is 19.8 Å². The standard InChI is InChI=1S/C18H28ClN3O2/c1-4-20-18(22-10-8-16(9-11-22)24-5-2)21-13-14-6-7-15(19)12-17(14)23-3/h6-7,12,16H,4-5,8-11,13H2,1-3H3,(H,20,21). The van der Waals surface area contributed by atoms with Crippen molar-refractivity contribution in [2.45, 2.75) is 39.3 Å². The van der Waals surface area contributed by atoms with E-state index in [0.29, 0.717) is 17.7 Å². The third-order valence-corrected chi connectivity index (χ3v) is 4.36. The number of nitrogens with zero attached hydrogens (tertiary/aromatic N) is 2. The van der Waals surface area contributed by atoms with Crippen molar-refractivity contribution in [3.05, 3.63) is 28.8 Å². The van der Waals surface area contributed by atoms with Gasteiger partial charge in [-0.05, 0) is 38.8 Å². The number of methoxy groups -OCH3 is 1. The molecular weight excluding hydrogens is 326 g/mol. The average molecular weight is 354 g/mol. The zero-order chi connectivity index (χ0) is 17.4. The van der Waals surface area contributed by atoms with Gasteiger partial charge in [0.25, 0.3) is 0 Å². The largest absolute Gasteiger partial charge is 0.496 e. The van der Waals surface area contributed by atoms with Gasteiger partial charge in [0.2, 0.25) is 0 Å². The first-order chi connectivity index (χ1) is 11.7. The Balaban J connectivity index is 2.03. The van der Waals surface area contributed by atoms with Crippen LogP contribution < -0.4 is 10.1 Å². The monoisotopic (exact) mass is 353 g/mol. The van der Waals surface area contributed by atoms with Crippen LogP contribution in [0.25, 0.3) is 0 Å². The molecule has 6 heteroatoms. The summed E-state index contributed by atoms with van der Waals surface area (Å²) in [4.78, 5) is 7.09. The quantitative estimate of drug-likeness (QED) is 0.629. The molecular formula is C18H28ClN3O2. The lowest BCUT2D eigenvalue weighted by Gasteiger charge is -2.34. The number of rotatable bonds is 6. The van der Waals surface area contributed by atoms with Crippen LogP contribution >= 0.6 is 11.6 Å². The maximum absolute atomic E-state index is 6.02. The van der Waals surface area contributed by atoms with E-state index in [1.807, 2.05) is 18.2 Å². The molecule has 24 heavy (non-hydrogen) atoms. The highest BCUT2D eigenvalue weighted by Crippen LogP contribution is 2.24. The van der Waals surface area contributed by atoms with Crippen molar-refractivity contribution in [2.24, 2.45) is 4.99 Å². The van der Waals surface area contributed by atoms with Gasteiger partial charge in [-0.15, -0.1) is 0 Å². The third-order valence-electron chi connectivity index (χ3n) is 4.13. The normalized spacial score (nSPS) is 16.3. The Hall–Kier alpha value is -1.46. The van der Waals surface area contributed by atoms with Crippen LogP contribution in [0.15, 0.2) is 23.2 Å². The maximum atomic E-state index is 6.02. The van der Waals surface area contributed by atoms with Crippen LogP contribution in [0.3, 0.4) is 0 Å². The van der Waals surface area contributed by atoms with Crippen LogP contribution in [0, 0.1) is 0 Å². The lowest BCUT2D eigenvalue weighted by atomic mass is 10.1. The first-order valence-electron chi connectivity index (χ1n) is 8.65. The molecule has 0 radical (unpaired) electrons. The molecule has 0 bridgehead atoms. The van der Waals surface area contributed by atoms with E-state index in [1.165, 1.54) is 0 Å². The van der Waals surface area contributed by atoms with Gasteiger partial charge in [0.15, 0.2) is 5.96 Å². The second-order valence-corrected chi connectivity index (χ2v) is 6.20. The predicted molar refractivity (Wildman–Crippen MR) is 99.0 cm³/mol. The fraction of sp³-hybridized carbons (Fsp3) is 0.611. The van der Waals surface area contributed by atoms with Crippen LogP contribution in [-0.2, 0) is 11.3 Å². The molecule has 1 aromatic rings. The van der Waals surface area contributed by atoms with E-state index in [1.54, 1.807) is 7.11 Å². The van der Waals surface area contributed by atoms with Gasteiger partial charge in [-0.1, -0.05) is 17.7 Å². The van der Waals surface area contributed by atoms with Gasteiger partial charge in [0.1, 0.15) is 5.75 Å². The van der Waals surface area contributed by atoms with E-state index in [-0.39, 0.29) is 0 Å². The molecule has 2 rings (SSSR count). The van der Waals surface area contributed by atoms with Crippen LogP contribution in [0.1, 0.15) is 32.3 Å². The molecule has 1 aliphatic rings. The van der Waals surface area contributed by atoms with Crippen molar-refractivity contribution in [3.8, 4) is 5.75 Å². The number of likely N-dealkylation sites (tertiary alicyclic amines) is 1. The summed E-state index contributed by atoms with van der Waals surface area (Å²) in [6, 6.07) is 5.66. The van der Waals surface area contributed by atoms with Crippen molar-refractivity contribution in [1.29, 1.82) is 0 Å². The molecule has 0 atom stereocenters. The van der Waals surface area contributed by atoms with E-state index >= 15 is 0 Å².